The van der Waals surface area contributed by atoms with Gasteiger partial charge in [0, 0.05) is 35.5 Å². The van der Waals surface area contributed by atoms with Crippen molar-refractivity contribution < 1.29 is 9.84 Å². The van der Waals surface area contributed by atoms with Gasteiger partial charge in [-0.05, 0) is 24.3 Å². The molecular weight excluding hydrogens is 378 g/mol. The van der Waals surface area contributed by atoms with Crippen LogP contribution in [-0.2, 0) is 5.41 Å². The van der Waals surface area contributed by atoms with E-state index in [4.69, 9.17) is 16.3 Å². The average Bonchev–Trinajstić information content (AvgIpc) is 3.06. The summed E-state index contributed by atoms with van der Waals surface area (Å²) in [6, 6.07) is 9.22. The number of rotatable bonds is 5. The normalized spacial score (nSPS) is 17.7. The van der Waals surface area contributed by atoms with Crippen molar-refractivity contribution >= 4 is 29.1 Å². The lowest BCUT2D eigenvalue weighted by Gasteiger charge is -2.20. The van der Waals surface area contributed by atoms with E-state index in [-0.39, 0.29) is 12.0 Å². The van der Waals surface area contributed by atoms with Crippen molar-refractivity contribution in [2.75, 3.05) is 30.9 Å². The van der Waals surface area contributed by atoms with E-state index in [0.717, 1.165) is 16.9 Å². The summed E-state index contributed by atoms with van der Waals surface area (Å²) in [7, 11) is 1.58. The van der Waals surface area contributed by atoms with Crippen LogP contribution >= 0.6 is 11.6 Å². The smallest absolute Gasteiger partial charge is 0.227 e. The van der Waals surface area contributed by atoms with Gasteiger partial charge in [-0.2, -0.15) is 0 Å². The van der Waals surface area contributed by atoms with E-state index in [2.05, 4.69) is 25.6 Å². The van der Waals surface area contributed by atoms with Crippen molar-refractivity contribution in [1.82, 2.24) is 15.0 Å². The maximum absolute atomic E-state index is 9.79. The lowest BCUT2D eigenvalue weighted by Crippen LogP contribution is -2.28. The molecule has 1 atom stereocenters. The quantitative estimate of drug-likeness (QED) is 0.605. The number of halogens is 1. The molecule has 0 spiro atoms. The van der Waals surface area contributed by atoms with Gasteiger partial charge in [0.2, 0.25) is 5.95 Å². The minimum atomic E-state index is -0.364. The molecule has 0 saturated carbocycles. The Bertz CT molecular complexity index is 1030. The molecule has 1 aromatic carbocycles. The van der Waals surface area contributed by atoms with E-state index in [9.17, 15) is 5.11 Å². The number of anilines is 3. The van der Waals surface area contributed by atoms with Crippen LogP contribution in [0.3, 0.4) is 0 Å². The number of hydrogen-bond donors (Lipinski definition) is 3. The largest absolute Gasteiger partial charge is 0.495 e. The predicted molar refractivity (Wildman–Crippen MR) is 109 cm³/mol. The number of ether oxygens (including phenoxy) is 1. The fourth-order valence-corrected chi connectivity index (χ4v) is 3.42. The average molecular weight is 398 g/mol. The molecule has 7 nitrogen and oxygen atoms in total. The van der Waals surface area contributed by atoms with Crippen molar-refractivity contribution in [2.45, 2.75) is 12.3 Å². The van der Waals surface area contributed by atoms with Crippen molar-refractivity contribution in [1.29, 1.82) is 0 Å². The first kappa shape index (κ1) is 18.5. The number of aromatic nitrogens is 3. The van der Waals surface area contributed by atoms with Gasteiger partial charge in [0.25, 0.3) is 0 Å². The number of nitrogens with one attached hydrogen (secondary N) is 2. The Balaban J connectivity index is 1.69. The SMILES string of the molecule is COc1cccc(Cl)c1Nc1nccc(-c2cnc3c(c2)C(C)(CO)CN3)n1. The van der Waals surface area contributed by atoms with E-state index in [0.29, 0.717) is 34.6 Å². The summed E-state index contributed by atoms with van der Waals surface area (Å²) < 4.78 is 5.36. The maximum Gasteiger partial charge on any atom is 0.227 e. The predicted octanol–water partition coefficient (Wildman–Crippen LogP) is 3.62. The number of para-hydroxylation sites is 1. The zero-order chi connectivity index (χ0) is 19.7. The third kappa shape index (κ3) is 3.23. The summed E-state index contributed by atoms with van der Waals surface area (Å²) in [5, 5.41) is 16.7. The van der Waals surface area contributed by atoms with E-state index in [1.165, 1.54) is 0 Å². The van der Waals surface area contributed by atoms with Gasteiger partial charge in [-0.25, -0.2) is 15.0 Å². The molecule has 0 aliphatic carbocycles. The molecule has 2 aromatic heterocycles. The molecule has 28 heavy (non-hydrogen) atoms. The Kier molecular flexibility index (Phi) is 4.78. The van der Waals surface area contributed by atoms with Crippen LogP contribution in [0.1, 0.15) is 12.5 Å². The number of aliphatic hydroxyl groups is 1. The van der Waals surface area contributed by atoms with Crippen molar-refractivity contribution in [3.8, 4) is 17.0 Å². The minimum Gasteiger partial charge on any atom is -0.495 e. The van der Waals surface area contributed by atoms with Crippen molar-refractivity contribution in [2.24, 2.45) is 0 Å². The third-order valence-corrected chi connectivity index (χ3v) is 5.23. The highest BCUT2D eigenvalue weighted by Gasteiger charge is 2.35. The number of pyridine rings is 1. The Hall–Kier alpha value is -2.90. The van der Waals surface area contributed by atoms with Crippen LogP contribution in [0.25, 0.3) is 11.3 Å². The first-order valence-electron chi connectivity index (χ1n) is 8.82. The van der Waals surface area contributed by atoms with Gasteiger partial charge in [0.05, 0.1) is 24.4 Å². The topological polar surface area (TPSA) is 92.2 Å². The fourth-order valence-electron chi connectivity index (χ4n) is 3.21. The van der Waals surface area contributed by atoms with Gasteiger partial charge in [-0.1, -0.05) is 24.6 Å². The molecule has 4 rings (SSSR count). The van der Waals surface area contributed by atoms with Gasteiger partial charge in [-0.15, -0.1) is 0 Å². The monoisotopic (exact) mass is 397 g/mol. The highest BCUT2D eigenvalue weighted by Crippen LogP contribution is 2.37. The van der Waals surface area contributed by atoms with Crippen LogP contribution < -0.4 is 15.4 Å². The Labute approximate surface area is 167 Å². The van der Waals surface area contributed by atoms with Crippen LogP contribution in [-0.4, -0.2) is 40.3 Å². The fraction of sp³-hybridized carbons (Fsp3) is 0.250. The van der Waals surface area contributed by atoms with Crippen LogP contribution in [0.2, 0.25) is 5.02 Å². The standard InChI is InChI=1S/C20H20ClN5O2/c1-20(11-27)10-24-18-13(20)8-12(9-23-18)15-6-7-22-19(25-15)26-17-14(21)4-3-5-16(17)28-2/h3-9,27H,10-11H2,1-2H3,(H,23,24)(H,22,25,26). The molecule has 1 aliphatic rings. The van der Waals surface area contributed by atoms with Gasteiger partial charge < -0.3 is 20.5 Å². The van der Waals surface area contributed by atoms with Crippen LogP contribution in [0.4, 0.5) is 17.5 Å². The highest BCUT2D eigenvalue weighted by atomic mass is 35.5. The second-order valence-electron chi connectivity index (χ2n) is 6.90. The van der Waals surface area contributed by atoms with E-state index < -0.39 is 0 Å². The van der Waals surface area contributed by atoms with Gasteiger partial charge >= 0.3 is 0 Å². The second-order valence-corrected chi connectivity index (χ2v) is 7.31. The molecule has 1 aliphatic heterocycles. The number of nitrogens with zero attached hydrogens (tertiary/aromatic N) is 3. The van der Waals surface area contributed by atoms with E-state index in [1.807, 2.05) is 31.2 Å². The van der Waals surface area contributed by atoms with Crippen molar-refractivity contribution in [3.63, 3.8) is 0 Å². The molecule has 3 heterocycles. The zero-order valence-corrected chi connectivity index (χ0v) is 16.3. The molecule has 0 saturated heterocycles. The highest BCUT2D eigenvalue weighted by molar-refractivity contribution is 6.33. The van der Waals surface area contributed by atoms with Gasteiger partial charge in [-0.3, -0.25) is 0 Å². The number of benzene rings is 1. The summed E-state index contributed by atoms with van der Waals surface area (Å²) in [5.41, 5.74) is 2.78. The summed E-state index contributed by atoms with van der Waals surface area (Å²) in [6.45, 7) is 2.70. The Morgan fingerprint density at radius 2 is 2.18 bits per heavy atom. The zero-order valence-electron chi connectivity index (χ0n) is 15.5. The van der Waals surface area contributed by atoms with Gasteiger partial charge in [0.1, 0.15) is 17.3 Å². The second kappa shape index (κ2) is 7.26. The minimum absolute atomic E-state index is 0.0427. The summed E-state index contributed by atoms with van der Waals surface area (Å²) in [6.07, 6.45) is 3.43. The molecular formula is C20H20ClN5O2. The first-order chi connectivity index (χ1) is 13.5. The number of aliphatic hydroxyl groups excluding tert-OH is 1. The third-order valence-electron chi connectivity index (χ3n) is 4.92. The maximum atomic E-state index is 9.79. The summed E-state index contributed by atoms with van der Waals surface area (Å²) in [4.78, 5) is 13.4. The lowest BCUT2D eigenvalue weighted by molar-refractivity contribution is 0.218. The van der Waals surface area contributed by atoms with E-state index in [1.54, 1.807) is 25.6 Å². The molecule has 0 radical (unpaired) electrons. The Morgan fingerprint density at radius 3 is 2.96 bits per heavy atom. The van der Waals surface area contributed by atoms with Crippen molar-refractivity contribution in [3.05, 3.63) is 53.3 Å². The molecule has 0 fully saturated rings. The summed E-state index contributed by atoms with van der Waals surface area (Å²) in [5.74, 6) is 1.80. The Morgan fingerprint density at radius 1 is 1.32 bits per heavy atom. The molecule has 1 unspecified atom stereocenters. The number of methoxy groups -OCH3 is 1. The van der Waals surface area contributed by atoms with E-state index >= 15 is 0 Å². The van der Waals surface area contributed by atoms with Crippen LogP contribution in [0.15, 0.2) is 42.7 Å². The van der Waals surface area contributed by atoms with Crippen LogP contribution in [0.5, 0.6) is 5.75 Å². The van der Waals surface area contributed by atoms with Crippen LogP contribution in [0, 0.1) is 0 Å². The molecule has 3 N–H and O–H groups in total. The number of hydrogen-bond acceptors (Lipinski definition) is 7. The lowest BCUT2D eigenvalue weighted by atomic mass is 9.85. The number of fused-ring (bicyclic) bond motifs is 1. The molecule has 144 valence electrons. The molecule has 0 amide bonds. The van der Waals surface area contributed by atoms with Gasteiger partial charge in [0.15, 0.2) is 0 Å². The molecule has 0 bridgehead atoms. The first-order valence-corrected chi connectivity index (χ1v) is 9.20. The summed E-state index contributed by atoms with van der Waals surface area (Å²) >= 11 is 6.29. The molecule has 3 aromatic rings. The molecule has 8 heteroatoms.